The van der Waals surface area contributed by atoms with Gasteiger partial charge in [0, 0.05) is 25.1 Å². The standard InChI is InChI=1S/C32H39N3O3/c1-23(2)27-18-13-24(3)22-30(27)38-21-8-7-20-35-29-11-6-5-10-28(29)34-31(35)12-9-19-33-32(36)25-14-16-26(37-4)17-15-25/h5-6,10-11,13-18,22-23H,7-9,12,19-21H2,1-4H3,(H,33,36). The first-order valence-electron chi connectivity index (χ1n) is 13.6. The van der Waals surface area contributed by atoms with Crippen LogP contribution in [0, 0.1) is 6.92 Å². The molecule has 0 fully saturated rings. The quantitative estimate of drug-likeness (QED) is 0.202. The number of nitrogens with zero attached hydrogens (tertiary/aromatic N) is 2. The summed E-state index contributed by atoms with van der Waals surface area (Å²) in [5, 5.41) is 3.02. The SMILES string of the molecule is COc1ccc(C(=O)NCCCc2nc3ccccc3n2CCCCOc2cc(C)ccc2C(C)C)cc1. The van der Waals surface area contributed by atoms with E-state index in [4.69, 9.17) is 14.5 Å². The number of ether oxygens (including phenoxy) is 2. The molecule has 38 heavy (non-hydrogen) atoms. The number of amides is 1. The Balaban J connectivity index is 1.30. The van der Waals surface area contributed by atoms with Gasteiger partial charge in [-0.3, -0.25) is 4.79 Å². The van der Waals surface area contributed by atoms with E-state index in [1.54, 1.807) is 31.4 Å². The van der Waals surface area contributed by atoms with Gasteiger partial charge in [-0.15, -0.1) is 0 Å². The highest BCUT2D eigenvalue weighted by atomic mass is 16.5. The lowest BCUT2D eigenvalue weighted by Crippen LogP contribution is -2.25. The predicted molar refractivity (Wildman–Crippen MR) is 153 cm³/mol. The topological polar surface area (TPSA) is 65.4 Å². The van der Waals surface area contributed by atoms with Crippen LogP contribution in [0.4, 0.5) is 0 Å². The van der Waals surface area contributed by atoms with Gasteiger partial charge in [0.1, 0.15) is 17.3 Å². The van der Waals surface area contributed by atoms with Crippen LogP contribution >= 0.6 is 0 Å². The number of para-hydroxylation sites is 2. The molecule has 0 saturated carbocycles. The first-order valence-corrected chi connectivity index (χ1v) is 13.6. The van der Waals surface area contributed by atoms with Crippen LogP contribution in [-0.2, 0) is 13.0 Å². The molecule has 0 bridgehead atoms. The Morgan fingerprint density at radius 1 is 1.00 bits per heavy atom. The van der Waals surface area contributed by atoms with Crippen LogP contribution in [0.15, 0.2) is 66.7 Å². The summed E-state index contributed by atoms with van der Waals surface area (Å²) in [6, 6.07) is 21.9. The molecule has 1 heterocycles. The van der Waals surface area contributed by atoms with Gasteiger partial charge in [-0.25, -0.2) is 4.98 Å². The fourth-order valence-electron chi connectivity index (χ4n) is 4.66. The molecule has 1 N–H and O–H groups in total. The summed E-state index contributed by atoms with van der Waals surface area (Å²) in [5.74, 6) is 3.17. The van der Waals surface area contributed by atoms with Crippen molar-refractivity contribution in [2.75, 3.05) is 20.3 Å². The second-order valence-corrected chi connectivity index (χ2v) is 10.0. The molecule has 0 aliphatic heterocycles. The average Bonchev–Trinajstić information content (AvgIpc) is 3.28. The molecule has 1 aromatic heterocycles. The largest absolute Gasteiger partial charge is 0.497 e. The lowest BCUT2D eigenvalue weighted by Gasteiger charge is -2.15. The molecule has 0 radical (unpaired) electrons. The Hall–Kier alpha value is -3.80. The number of carbonyl (C=O) groups is 1. The highest BCUT2D eigenvalue weighted by Gasteiger charge is 2.12. The molecule has 200 valence electrons. The number of hydrogen-bond donors (Lipinski definition) is 1. The van der Waals surface area contributed by atoms with Gasteiger partial charge in [-0.2, -0.15) is 0 Å². The molecule has 0 spiro atoms. The van der Waals surface area contributed by atoms with E-state index in [9.17, 15) is 4.79 Å². The first-order chi connectivity index (χ1) is 18.5. The molecule has 4 aromatic rings. The molecule has 0 aliphatic carbocycles. The van der Waals surface area contributed by atoms with Crippen molar-refractivity contribution >= 4 is 16.9 Å². The molecule has 6 nitrogen and oxygen atoms in total. The van der Waals surface area contributed by atoms with Gasteiger partial charge >= 0.3 is 0 Å². The summed E-state index contributed by atoms with van der Waals surface area (Å²) in [4.78, 5) is 17.4. The molecular weight excluding hydrogens is 474 g/mol. The number of rotatable bonds is 13. The van der Waals surface area contributed by atoms with Crippen LogP contribution in [0.3, 0.4) is 0 Å². The minimum Gasteiger partial charge on any atom is -0.497 e. The molecule has 3 aromatic carbocycles. The van der Waals surface area contributed by atoms with E-state index >= 15 is 0 Å². The lowest BCUT2D eigenvalue weighted by atomic mass is 10.0. The van der Waals surface area contributed by atoms with Crippen LogP contribution in [0.5, 0.6) is 11.5 Å². The fourth-order valence-corrected chi connectivity index (χ4v) is 4.66. The highest BCUT2D eigenvalue weighted by Crippen LogP contribution is 2.27. The Morgan fingerprint density at radius 3 is 2.55 bits per heavy atom. The van der Waals surface area contributed by atoms with Crippen LogP contribution in [-0.4, -0.2) is 35.7 Å². The summed E-state index contributed by atoms with van der Waals surface area (Å²) in [5.41, 5.74) is 5.29. The Morgan fingerprint density at radius 2 is 1.79 bits per heavy atom. The Bertz CT molecular complexity index is 1340. The highest BCUT2D eigenvalue weighted by molar-refractivity contribution is 5.94. The predicted octanol–water partition coefficient (Wildman–Crippen LogP) is 6.70. The van der Waals surface area contributed by atoms with E-state index in [0.29, 0.717) is 24.6 Å². The van der Waals surface area contributed by atoms with E-state index < -0.39 is 0 Å². The number of aryl methyl sites for hydroxylation is 3. The van der Waals surface area contributed by atoms with Crippen molar-refractivity contribution in [3.63, 3.8) is 0 Å². The normalized spacial score (nSPS) is 11.2. The van der Waals surface area contributed by atoms with Gasteiger partial charge in [0.05, 0.1) is 24.8 Å². The number of benzene rings is 3. The third-order valence-electron chi connectivity index (χ3n) is 6.77. The van der Waals surface area contributed by atoms with Crippen LogP contribution in [0.25, 0.3) is 11.0 Å². The van der Waals surface area contributed by atoms with Gasteiger partial charge in [-0.1, -0.05) is 38.1 Å². The van der Waals surface area contributed by atoms with Gasteiger partial charge < -0.3 is 19.4 Å². The second-order valence-electron chi connectivity index (χ2n) is 10.0. The van der Waals surface area contributed by atoms with E-state index in [1.807, 2.05) is 6.07 Å². The summed E-state index contributed by atoms with van der Waals surface area (Å²) < 4.78 is 13.7. The minimum absolute atomic E-state index is 0.0737. The maximum absolute atomic E-state index is 12.5. The smallest absolute Gasteiger partial charge is 0.251 e. The van der Waals surface area contributed by atoms with Crippen molar-refractivity contribution in [2.45, 2.75) is 58.9 Å². The van der Waals surface area contributed by atoms with E-state index in [2.05, 4.69) is 67.1 Å². The number of carbonyl (C=O) groups excluding carboxylic acids is 1. The van der Waals surface area contributed by atoms with Crippen LogP contribution in [0.1, 0.15) is 66.3 Å². The number of nitrogens with one attached hydrogen (secondary N) is 1. The summed E-state index contributed by atoms with van der Waals surface area (Å²) in [7, 11) is 1.62. The van der Waals surface area contributed by atoms with Crippen molar-refractivity contribution in [3.8, 4) is 11.5 Å². The van der Waals surface area contributed by atoms with E-state index in [-0.39, 0.29) is 5.91 Å². The third kappa shape index (κ3) is 6.94. The molecular formula is C32H39N3O3. The zero-order chi connectivity index (χ0) is 26.9. The average molecular weight is 514 g/mol. The molecule has 0 unspecified atom stereocenters. The number of unbranched alkanes of at least 4 members (excludes halogenated alkanes) is 1. The van der Waals surface area contributed by atoms with Gasteiger partial charge in [-0.05, 0) is 85.7 Å². The summed E-state index contributed by atoms with van der Waals surface area (Å²) >= 11 is 0. The van der Waals surface area contributed by atoms with Gasteiger partial charge in [0.15, 0.2) is 0 Å². The number of methoxy groups -OCH3 is 1. The molecule has 0 aliphatic rings. The second kappa shape index (κ2) is 13.1. The van der Waals surface area contributed by atoms with Gasteiger partial charge in [0.2, 0.25) is 0 Å². The third-order valence-corrected chi connectivity index (χ3v) is 6.77. The number of aromatic nitrogens is 2. The molecule has 0 saturated heterocycles. The van der Waals surface area contributed by atoms with Crippen molar-refractivity contribution in [1.82, 2.24) is 14.9 Å². The summed E-state index contributed by atoms with van der Waals surface area (Å²) in [6.07, 6.45) is 3.59. The maximum Gasteiger partial charge on any atom is 0.251 e. The summed E-state index contributed by atoms with van der Waals surface area (Å²) in [6.45, 7) is 8.69. The first kappa shape index (κ1) is 27.2. The Kier molecular flexibility index (Phi) is 9.41. The Labute approximate surface area is 226 Å². The van der Waals surface area contributed by atoms with Gasteiger partial charge in [0.25, 0.3) is 5.91 Å². The number of fused-ring (bicyclic) bond motifs is 1. The number of imidazole rings is 1. The lowest BCUT2D eigenvalue weighted by molar-refractivity contribution is 0.0953. The van der Waals surface area contributed by atoms with Crippen LogP contribution < -0.4 is 14.8 Å². The van der Waals surface area contributed by atoms with E-state index in [1.165, 1.54) is 11.1 Å². The number of hydrogen-bond acceptors (Lipinski definition) is 4. The maximum atomic E-state index is 12.5. The minimum atomic E-state index is -0.0737. The molecule has 0 atom stereocenters. The van der Waals surface area contributed by atoms with E-state index in [0.717, 1.165) is 60.6 Å². The van der Waals surface area contributed by atoms with Crippen molar-refractivity contribution < 1.29 is 14.3 Å². The molecule has 4 rings (SSSR count). The fraction of sp³-hybridized carbons (Fsp3) is 0.375. The van der Waals surface area contributed by atoms with Crippen LogP contribution in [0.2, 0.25) is 0 Å². The monoisotopic (exact) mass is 513 g/mol. The van der Waals surface area contributed by atoms with Crippen molar-refractivity contribution in [2.24, 2.45) is 0 Å². The molecule has 6 heteroatoms. The molecule has 1 amide bonds. The zero-order valence-electron chi connectivity index (χ0n) is 23.0. The van der Waals surface area contributed by atoms with Crippen molar-refractivity contribution in [3.05, 3.63) is 89.2 Å². The van der Waals surface area contributed by atoms with Crippen molar-refractivity contribution in [1.29, 1.82) is 0 Å². The zero-order valence-corrected chi connectivity index (χ0v) is 23.0.